The molecule has 0 aliphatic carbocycles. The molecule has 100 valence electrons. The van der Waals surface area contributed by atoms with Crippen molar-refractivity contribution in [3.8, 4) is 5.75 Å². The highest BCUT2D eigenvalue weighted by molar-refractivity contribution is 5.27. The van der Waals surface area contributed by atoms with E-state index in [9.17, 15) is 0 Å². The third-order valence-corrected chi connectivity index (χ3v) is 3.83. The molecule has 0 amide bonds. The van der Waals surface area contributed by atoms with Crippen LogP contribution in [0.15, 0.2) is 24.3 Å². The van der Waals surface area contributed by atoms with Crippen LogP contribution in [0.4, 0.5) is 0 Å². The summed E-state index contributed by atoms with van der Waals surface area (Å²) in [5, 5.41) is 0. The molecule has 0 spiro atoms. The van der Waals surface area contributed by atoms with Gasteiger partial charge in [0.1, 0.15) is 5.75 Å². The lowest BCUT2D eigenvalue weighted by Gasteiger charge is -2.36. The minimum Gasteiger partial charge on any atom is -0.497 e. The molecule has 2 atom stereocenters. The lowest BCUT2D eigenvalue weighted by atomic mass is 9.89. The summed E-state index contributed by atoms with van der Waals surface area (Å²) < 4.78 is 10.8. The molecule has 1 aliphatic heterocycles. The van der Waals surface area contributed by atoms with E-state index in [1.54, 1.807) is 7.11 Å². The van der Waals surface area contributed by atoms with Crippen molar-refractivity contribution in [3.63, 3.8) is 0 Å². The van der Waals surface area contributed by atoms with Gasteiger partial charge in [-0.2, -0.15) is 0 Å². The molecule has 1 aliphatic rings. The number of piperidine rings is 1. The van der Waals surface area contributed by atoms with Crippen LogP contribution in [0.3, 0.4) is 0 Å². The summed E-state index contributed by atoms with van der Waals surface area (Å²) in [6, 6.07) is 8.37. The van der Waals surface area contributed by atoms with Gasteiger partial charge in [-0.3, -0.25) is 0 Å². The highest BCUT2D eigenvalue weighted by Crippen LogP contribution is 2.23. The Hall–Kier alpha value is -1.06. The minimum atomic E-state index is 0.392. The number of ether oxygens (including phenoxy) is 2. The van der Waals surface area contributed by atoms with Crippen molar-refractivity contribution < 1.29 is 9.47 Å². The predicted molar refractivity (Wildman–Crippen MR) is 73.1 cm³/mol. The summed E-state index contributed by atoms with van der Waals surface area (Å²) in [6.45, 7) is 2.25. The first-order valence-electron chi connectivity index (χ1n) is 6.57. The Balaban J connectivity index is 2.01. The predicted octanol–water partition coefficient (Wildman–Crippen LogP) is 2.20. The summed E-state index contributed by atoms with van der Waals surface area (Å²) in [4.78, 5) is 2.39. The lowest BCUT2D eigenvalue weighted by molar-refractivity contribution is 0.000546. The molecule has 0 radical (unpaired) electrons. The van der Waals surface area contributed by atoms with Crippen molar-refractivity contribution >= 4 is 0 Å². The van der Waals surface area contributed by atoms with E-state index in [0.29, 0.717) is 12.0 Å². The van der Waals surface area contributed by atoms with Gasteiger partial charge in [0.05, 0.1) is 13.2 Å². The van der Waals surface area contributed by atoms with E-state index in [-0.39, 0.29) is 0 Å². The largest absolute Gasteiger partial charge is 0.497 e. The van der Waals surface area contributed by atoms with Gasteiger partial charge in [-0.25, -0.2) is 0 Å². The van der Waals surface area contributed by atoms with Gasteiger partial charge in [0, 0.05) is 26.1 Å². The third kappa shape index (κ3) is 3.24. The number of rotatable bonds is 4. The van der Waals surface area contributed by atoms with Gasteiger partial charge in [0.15, 0.2) is 0 Å². The number of hydrogen-bond acceptors (Lipinski definition) is 3. The number of methoxy groups -OCH3 is 2. The third-order valence-electron chi connectivity index (χ3n) is 3.83. The molecular formula is C15H23NO2. The Labute approximate surface area is 110 Å². The number of benzene rings is 1. The van der Waals surface area contributed by atoms with Crippen molar-refractivity contribution in [1.29, 1.82) is 0 Å². The van der Waals surface area contributed by atoms with Crippen LogP contribution in [0, 0.1) is 5.92 Å². The SMILES string of the molecule is COc1ccc(C[C@H]2CN(C)CC[C@@H]2OC)cc1. The fourth-order valence-corrected chi connectivity index (χ4v) is 2.76. The summed E-state index contributed by atoms with van der Waals surface area (Å²) in [5.41, 5.74) is 1.36. The lowest BCUT2D eigenvalue weighted by Crippen LogP contribution is -2.42. The molecule has 0 saturated carbocycles. The highest BCUT2D eigenvalue weighted by atomic mass is 16.5. The summed E-state index contributed by atoms with van der Waals surface area (Å²) in [5.74, 6) is 1.50. The first-order chi connectivity index (χ1) is 8.72. The van der Waals surface area contributed by atoms with E-state index in [0.717, 1.165) is 31.7 Å². The van der Waals surface area contributed by atoms with Gasteiger partial charge in [0.25, 0.3) is 0 Å². The normalized spacial score (nSPS) is 25.1. The molecule has 0 N–H and O–H groups in total. The average Bonchev–Trinajstić information content (AvgIpc) is 2.40. The Bertz CT molecular complexity index is 363. The van der Waals surface area contributed by atoms with Gasteiger partial charge < -0.3 is 14.4 Å². The van der Waals surface area contributed by atoms with E-state index in [2.05, 4.69) is 24.1 Å². The number of hydrogen-bond donors (Lipinski definition) is 0. The van der Waals surface area contributed by atoms with E-state index in [4.69, 9.17) is 9.47 Å². The number of nitrogens with zero attached hydrogens (tertiary/aromatic N) is 1. The Morgan fingerprint density at radius 1 is 1.22 bits per heavy atom. The van der Waals surface area contributed by atoms with Crippen LogP contribution in [-0.2, 0) is 11.2 Å². The Morgan fingerprint density at radius 2 is 1.94 bits per heavy atom. The fraction of sp³-hybridized carbons (Fsp3) is 0.600. The highest BCUT2D eigenvalue weighted by Gasteiger charge is 2.27. The zero-order valence-corrected chi connectivity index (χ0v) is 11.6. The van der Waals surface area contributed by atoms with Crippen LogP contribution in [0.2, 0.25) is 0 Å². The van der Waals surface area contributed by atoms with Crippen LogP contribution < -0.4 is 4.74 Å². The fourth-order valence-electron chi connectivity index (χ4n) is 2.76. The molecule has 0 bridgehead atoms. The van der Waals surface area contributed by atoms with E-state index < -0.39 is 0 Å². The van der Waals surface area contributed by atoms with Gasteiger partial charge in [-0.05, 0) is 37.6 Å². The van der Waals surface area contributed by atoms with Crippen LogP contribution in [0.5, 0.6) is 5.75 Å². The molecule has 0 unspecified atom stereocenters. The van der Waals surface area contributed by atoms with Gasteiger partial charge in [-0.1, -0.05) is 12.1 Å². The van der Waals surface area contributed by atoms with Gasteiger partial charge in [-0.15, -0.1) is 0 Å². The van der Waals surface area contributed by atoms with E-state index in [1.807, 2.05) is 19.2 Å². The Morgan fingerprint density at radius 3 is 2.56 bits per heavy atom. The molecule has 1 fully saturated rings. The molecule has 18 heavy (non-hydrogen) atoms. The first-order valence-corrected chi connectivity index (χ1v) is 6.57. The van der Waals surface area contributed by atoms with E-state index in [1.165, 1.54) is 5.56 Å². The molecule has 3 nitrogen and oxygen atoms in total. The second-order valence-electron chi connectivity index (χ2n) is 5.14. The topological polar surface area (TPSA) is 21.7 Å². The van der Waals surface area contributed by atoms with Crippen LogP contribution in [0.25, 0.3) is 0 Å². The molecule has 1 aromatic carbocycles. The van der Waals surface area contributed by atoms with Crippen molar-refractivity contribution in [2.24, 2.45) is 5.92 Å². The molecule has 3 heteroatoms. The van der Waals surface area contributed by atoms with Crippen molar-refractivity contribution in [2.75, 3.05) is 34.4 Å². The Kier molecular flexibility index (Phi) is 4.61. The summed E-state index contributed by atoms with van der Waals surface area (Å²) >= 11 is 0. The van der Waals surface area contributed by atoms with Gasteiger partial charge in [0.2, 0.25) is 0 Å². The molecule has 2 rings (SSSR count). The number of likely N-dealkylation sites (tertiary alicyclic amines) is 1. The van der Waals surface area contributed by atoms with Crippen LogP contribution >= 0.6 is 0 Å². The zero-order chi connectivity index (χ0) is 13.0. The zero-order valence-electron chi connectivity index (χ0n) is 11.6. The molecule has 1 heterocycles. The minimum absolute atomic E-state index is 0.392. The van der Waals surface area contributed by atoms with E-state index >= 15 is 0 Å². The molecular weight excluding hydrogens is 226 g/mol. The van der Waals surface area contributed by atoms with Crippen LogP contribution in [-0.4, -0.2) is 45.4 Å². The van der Waals surface area contributed by atoms with Crippen molar-refractivity contribution in [2.45, 2.75) is 18.9 Å². The summed E-state index contributed by atoms with van der Waals surface area (Å²) in [6.07, 6.45) is 2.60. The quantitative estimate of drug-likeness (QED) is 0.816. The van der Waals surface area contributed by atoms with Crippen LogP contribution in [0.1, 0.15) is 12.0 Å². The average molecular weight is 249 g/mol. The second-order valence-corrected chi connectivity index (χ2v) is 5.14. The maximum absolute atomic E-state index is 5.62. The second kappa shape index (κ2) is 6.21. The molecule has 1 saturated heterocycles. The first kappa shape index (κ1) is 13.4. The smallest absolute Gasteiger partial charge is 0.118 e. The van der Waals surface area contributed by atoms with Crippen molar-refractivity contribution in [1.82, 2.24) is 4.90 Å². The van der Waals surface area contributed by atoms with Gasteiger partial charge >= 0.3 is 0 Å². The standard InChI is InChI=1S/C15H23NO2/c1-16-9-8-15(18-3)13(11-16)10-12-4-6-14(17-2)7-5-12/h4-7,13,15H,8-11H2,1-3H3/t13-,15-/m0/s1. The summed E-state index contributed by atoms with van der Waals surface area (Å²) in [7, 11) is 5.72. The molecule has 0 aromatic heterocycles. The maximum atomic E-state index is 5.62. The monoisotopic (exact) mass is 249 g/mol. The maximum Gasteiger partial charge on any atom is 0.118 e. The van der Waals surface area contributed by atoms with Crippen molar-refractivity contribution in [3.05, 3.63) is 29.8 Å². The molecule has 1 aromatic rings.